The first-order valence-corrected chi connectivity index (χ1v) is 36.8. The van der Waals surface area contributed by atoms with E-state index in [1.807, 2.05) is 109 Å². The number of hydrogen-bond acceptors (Lipinski definition) is 17. The van der Waals surface area contributed by atoms with Crippen LogP contribution in [0.3, 0.4) is 0 Å². The van der Waals surface area contributed by atoms with Crippen LogP contribution in [0, 0.1) is 6.92 Å². The summed E-state index contributed by atoms with van der Waals surface area (Å²) in [5.41, 5.74) is 8.83. The molecule has 85 heavy (non-hydrogen) atoms. The number of aryl methyl sites for hydroxylation is 5. The fourth-order valence-corrected chi connectivity index (χ4v) is 17.2. The standard InChI is InChI=1S/C16H18N2O2S2.3C16H18N2OS2/c1-3-9-22-16-17-11-8-10-21-14(11)15(19)18(16)12-6-4-5-7-13(12)20-2;1-3-9-21-16-17-13-8-10-20-14(13)15(19)18(16)12-6-4-11(2)5-7-12;1-3-11(2)21-16-17-13-9-10-20-14(13)15(19)18(16)12-7-5-4-6-8-12;1-2-3-10-21-16-17-13-9-11-20-14(13)15(19)18(16)12-7-5-4-6-8-12/h4-7H,3,8-10H2,1-2H3;4-7H,3,8-10H2,1-2H3;4-8,11H,3,9-10H2,1-2H3;4-8H,2-3,9-11H2,1H3. The summed E-state index contributed by atoms with van der Waals surface area (Å²) in [6.45, 7) is 12.8. The zero-order valence-corrected chi connectivity index (χ0v) is 55.7. The summed E-state index contributed by atoms with van der Waals surface area (Å²) in [5, 5.41) is 3.69. The minimum absolute atomic E-state index is 0.0237. The maximum Gasteiger partial charge on any atom is 0.272 e. The molecule has 13 nitrogen and oxygen atoms in total. The molecule has 0 N–H and O–H groups in total. The van der Waals surface area contributed by atoms with E-state index in [1.165, 1.54) is 5.56 Å². The summed E-state index contributed by atoms with van der Waals surface area (Å²) in [7, 11) is 1.62. The van der Waals surface area contributed by atoms with E-state index >= 15 is 0 Å². The summed E-state index contributed by atoms with van der Waals surface area (Å²) in [4.78, 5) is 73.7. The zero-order chi connectivity index (χ0) is 59.8. The van der Waals surface area contributed by atoms with Crippen LogP contribution < -0.4 is 27.0 Å². The van der Waals surface area contributed by atoms with Gasteiger partial charge < -0.3 is 4.74 Å². The molecular formula is C64H72N8O5S8. The van der Waals surface area contributed by atoms with Crippen LogP contribution in [-0.4, -0.2) is 90.8 Å². The van der Waals surface area contributed by atoms with Crippen LogP contribution in [0.25, 0.3) is 22.7 Å². The van der Waals surface area contributed by atoms with Gasteiger partial charge in [-0.25, -0.2) is 19.9 Å². The van der Waals surface area contributed by atoms with Gasteiger partial charge in [-0.15, -0.1) is 47.0 Å². The minimum atomic E-state index is 0.0237. The molecule has 21 heteroatoms. The van der Waals surface area contributed by atoms with E-state index < -0.39 is 0 Å². The fraction of sp³-hybridized carbons (Fsp3) is 0.375. The smallest absolute Gasteiger partial charge is 0.272 e. The first-order valence-electron chi connectivity index (χ1n) is 29.0. The molecule has 0 fully saturated rings. The lowest BCUT2D eigenvalue weighted by Crippen LogP contribution is -2.24. The number of ether oxygens (including phenoxy) is 1. The first kappa shape index (κ1) is 64.5. The Labute approximate surface area is 532 Å². The molecule has 4 aliphatic rings. The van der Waals surface area contributed by atoms with Crippen molar-refractivity contribution in [1.29, 1.82) is 0 Å². The maximum atomic E-state index is 12.9. The molecule has 0 spiro atoms. The molecule has 0 saturated carbocycles. The Hall–Kier alpha value is -5.00. The van der Waals surface area contributed by atoms with Crippen LogP contribution in [0.2, 0.25) is 0 Å². The summed E-state index contributed by atoms with van der Waals surface area (Å²) in [6, 6.07) is 35.3. The molecule has 1 atom stereocenters. The molecule has 0 saturated heterocycles. The average molecular weight is 1290 g/mol. The number of aromatic nitrogens is 8. The quantitative estimate of drug-likeness (QED) is 0.0455. The van der Waals surface area contributed by atoms with Crippen LogP contribution in [0.4, 0.5) is 0 Å². The van der Waals surface area contributed by atoms with E-state index in [0.29, 0.717) is 11.0 Å². The summed E-state index contributed by atoms with van der Waals surface area (Å²) < 4.78 is 12.5. The number of benzene rings is 4. The highest BCUT2D eigenvalue weighted by Gasteiger charge is 2.27. The number of fused-ring (bicyclic) bond motifs is 4. The highest BCUT2D eigenvalue weighted by Crippen LogP contribution is 2.35. The van der Waals surface area contributed by atoms with Crippen LogP contribution in [-0.2, 0) is 25.7 Å². The van der Waals surface area contributed by atoms with Gasteiger partial charge in [-0.05, 0) is 81.1 Å². The maximum absolute atomic E-state index is 12.9. The number of nitrogens with zero attached hydrogens (tertiary/aromatic N) is 8. The van der Waals surface area contributed by atoms with E-state index in [1.54, 1.807) is 119 Å². The van der Waals surface area contributed by atoms with Gasteiger partial charge in [-0.3, -0.25) is 37.4 Å². The third kappa shape index (κ3) is 15.7. The van der Waals surface area contributed by atoms with Crippen molar-refractivity contribution in [3.63, 3.8) is 0 Å². The van der Waals surface area contributed by atoms with Crippen molar-refractivity contribution in [1.82, 2.24) is 38.2 Å². The molecule has 446 valence electrons. The van der Waals surface area contributed by atoms with Crippen molar-refractivity contribution in [2.45, 2.75) is 145 Å². The van der Waals surface area contributed by atoms with Gasteiger partial charge in [0.25, 0.3) is 22.2 Å². The topological polar surface area (TPSA) is 149 Å². The van der Waals surface area contributed by atoms with Crippen molar-refractivity contribution >= 4 is 94.1 Å². The molecule has 4 aliphatic heterocycles. The van der Waals surface area contributed by atoms with Crippen LogP contribution in [0.1, 0.15) is 95.1 Å². The van der Waals surface area contributed by atoms with Gasteiger partial charge in [0.15, 0.2) is 20.6 Å². The van der Waals surface area contributed by atoms with Gasteiger partial charge >= 0.3 is 0 Å². The Balaban J connectivity index is 0.000000136. The third-order valence-electron chi connectivity index (χ3n) is 13.8. The van der Waals surface area contributed by atoms with E-state index in [9.17, 15) is 19.2 Å². The monoisotopic (exact) mass is 1290 g/mol. The summed E-state index contributed by atoms with van der Waals surface area (Å²) in [5.74, 6) is 7.44. The van der Waals surface area contributed by atoms with Crippen molar-refractivity contribution in [3.8, 4) is 28.5 Å². The van der Waals surface area contributed by atoms with Gasteiger partial charge in [-0.1, -0.05) is 154 Å². The minimum Gasteiger partial charge on any atom is -0.495 e. The fourth-order valence-electron chi connectivity index (χ4n) is 9.25. The van der Waals surface area contributed by atoms with Crippen molar-refractivity contribution < 1.29 is 4.74 Å². The molecule has 4 aromatic heterocycles. The summed E-state index contributed by atoms with van der Waals surface area (Å²) >= 11 is 13.2. The van der Waals surface area contributed by atoms with Gasteiger partial charge in [-0.2, -0.15) is 0 Å². The van der Waals surface area contributed by atoms with Gasteiger partial charge in [0.05, 0.1) is 72.2 Å². The highest BCUT2D eigenvalue weighted by atomic mass is 32.2. The molecule has 8 heterocycles. The lowest BCUT2D eigenvalue weighted by molar-refractivity contribution is 0.411. The molecular weight excluding hydrogens is 1220 g/mol. The first-order chi connectivity index (χ1) is 41.5. The molecule has 4 aromatic carbocycles. The van der Waals surface area contributed by atoms with E-state index in [-0.39, 0.29) is 22.2 Å². The summed E-state index contributed by atoms with van der Waals surface area (Å²) in [6.07, 6.45) is 9.06. The number of thioether (sulfide) groups is 8. The Kier molecular flexibility index (Phi) is 24.1. The largest absolute Gasteiger partial charge is 0.495 e. The van der Waals surface area contributed by atoms with Crippen molar-refractivity contribution in [2.24, 2.45) is 0 Å². The highest BCUT2D eigenvalue weighted by molar-refractivity contribution is 8.01. The van der Waals surface area contributed by atoms with Crippen LogP contribution in [0.5, 0.6) is 5.75 Å². The third-order valence-corrected chi connectivity index (χ3v) is 22.8. The Morgan fingerprint density at radius 3 is 1.27 bits per heavy atom. The van der Waals surface area contributed by atoms with Gasteiger partial charge in [0.2, 0.25) is 0 Å². The SMILES string of the molecule is CCC(C)Sc1nc2c(c(=O)n1-c1ccccc1)SCC2.CCCCSc1nc2c(c(=O)n1-c1ccccc1)SCC2.CCCSc1nc2c(c(=O)n1-c1ccc(C)cc1)SCC2.CCCSc1nc2c(c(=O)n1-c1ccccc1OC)SCC2. The van der Waals surface area contributed by atoms with Crippen LogP contribution >= 0.6 is 94.1 Å². The molecule has 1 unspecified atom stereocenters. The van der Waals surface area contributed by atoms with E-state index in [0.717, 1.165) is 184 Å². The Bertz CT molecular complexity index is 3820. The molecule has 8 aromatic rings. The van der Waals surface area contributed by atoms with Crippen molar-refractivity contribution in [2.75, 3.05) is 47.4 Å². The normalized spacial score (nSPS) is 13.7. The van der Waals surface area contributed by atoms with E-state index in [2.05, 4.69) is 41.5 Å². The average Bonchev–Trinajstić information content (AvgIpc) is 2.94. The second-order valence-electron chi connectivity index (χ2n) is 20.1. The second kappa shape index (κ2) is 31.8. The van der Waals surface area contributed by atoms with Crippen LogP contribution in [0.15, 0.2) is 169 Å². The number of hydrogen-bond donors (Lipinski definition) is 0. The predicted octanol–water partition coefficient (Wildman–Crippen LogP) is 14.6. The van der Waals surface area contributed by atoms with Gasteiger partial charge in [0.1, 0.15) is 5.75 Å². The molecule has 12 rings (SSSR count). The zero-order valence-electron chi connectivity index (χ0n) is 49.2. The molecule has 0 bridgehead atoms. The second-order valence-corrected chi connectivity index (χ2v) is 29.1. The Morgan fingerprint density at radius 1 is 0.471 bits per heavy atom. The molecule has 0 aliphatic carbocycles. The molecule has 0 amide bonds. The Morgan fingerprint density at radius 2 is 0.847 bits per heavy atom. The number of rotatable bonds is 18. The van der Waals surface area contributed by atoms with Crippen molar-refractivity contribution in [3.05, 3.63) is 179 Å². The lowest BCUT2D eigenvalue weighted by Gasteiger charge is -2.15. The lowest BCUT2D eigenvalue weighted by atomic mass is 10.2. The molecule has 0 radical (unpaired) electrons. The van der Waals surface area contributed by atoms with E-state index in [4.69, 9.17) is 24.7 Å². The number of unbranched alkanes of at least 4 members (excludes halogenated alkanes) is 1. The predicted molar refractivity (Wildman–Crippen MR) is 362 cm³/mol. The number of methoxy groups -OCH3 is 1. The number of para-hydroxylation sites is 4. The van der Waals surface area contributed by atoms with Gasteiger partial charge in [0, 0.05) is 71.2 Å².